The van der Waals surface area contributed by atoms with Crippen LogP contribution in [0.4, 0.5) is 17.1 Å². The van der Waals surface area contributed by atoms with Crippen LogP contribution in [0.2, 0.25) is 0 Å². The van der Waals surface area contributed by atoms with Crippen LogP contribution in [0.1, 0.15) is 44.5 Å². The SMILES string of the molecule is CC(C)N(CCN1CCCN(C(=O)c2ccc([N+](=O)[O-])cc2)c2ccccc21)C(C)C. The predicted molar refractivity (Wildman–Crippen MR) is 125 cm³/mol. The summed E-state index contributed by atoms with van der Waals surface area (Å²) in [5.74, 6) is -0.129. The van der Waals surface area contributed by atoms with Crippen molar-refractivity contribution in [3.8, 4) is 0 Å². The van der Waals surface area contributed by atoms with Crippen LogP contribution < -0.4 is 9.80 Å². The molecule has 3 rings (SSSR count). The molecule has 0 unspecified atom stereocenters. The van der Waals surface area contributed by atoms with Crippen LogP contribution in [0.5, 0.6) is 0 Å². The molecule has 0 saturated carbocycles. The average molecular weight is 425 g/mol. The Kier molecular flexibility index (Phi) is 7.28. The number of non-ortho nitro benzene ring substituents is 1. The van der Waals surface area contributed by atoms with Crippen molar-refractivity contribution in [1.29, 1.82) is 0 Å². The van der Waals surface area contributed by atoms with Gasteiger partial charge in [0.25, 0.3) is 11.6 Å². The van der Waals surface area contributed by atoms with Crippen LogP contribution in [0, 0.1) is 10.1 Å². The molecule has 0 aromatic heterocycles. The van der Waals surface area contributed by atoms with Gasteiger partial charge in [-0.15, -0.1) is 0 Å². The lowest BCUT2D eigenvalue weighted by atomic mass is 10.1. The number of carbonyl (C=O) groups excluding carboxylic acids is 1. The molecule has 2 aromatic carbocycles. The van der Waals surface area contributed by atoms with Gasteiger partial charge in [-0.3, -0.25) is 19.8 Å². The number of para-hydroxylation sites is 2. The Morgan fingerprint density at radius 3 is 2.19 bits per heavy atom. The average Bonchev–Trinajstić information content (AvgIpc) is 2.92. The second kappa shape index (κ2) is 9.92. The Hall–Kier alpha value is -2.93. The minimum Gasteiger partial charge on any atom is -0.368 e. The van der Waals surface area contributed by atoms with Crippen molar-refractivity contribution < 1.29 is 9.72 Å². The Bertz CT molecular complexity index is 903. The first-order valence-corrected chi connectivity index (χ1v) is 11.0. The van der Waals surface area contributed by atoms with Crippen molar-refractivity contribution >= 4 is 23.0 Å². The first-order valence-electron chi connectivity index (χ1n) is 11.0. The summed E-state index contributed by atoms with van der Waals surface area (Å²) in [6.07, 6.45) is 0.858. The highest BCUT2D eigenvalue weighted by Gasteiger charge is 2.26. The fraction of sp³-hybridized carbons (Fsp3) is 0.458. The topological polar surface area (TPSA) is 69.9 Å². The largest absolute Gasteiger partial charge is 0.368 e. The second-order valence-electron chi connectivity index (χ2n) is 8.52. The molecule has 0 atom stereocenters. The number of nitro benzene ring substituents is 1. The maximum Gasteiger partial charge on any atom is 0.269 e. The lowest BCUT2D eigenvalue weighted by molar-refractivity contribution is -0.384. The van der Waals surface area contributed by atoms with Gasteiger partial charge in [0.15, 0.2) is 0 Å². The van der Waals surface area contributed by atoms with E-state index in [9.17, 15) is 14.9 Å². The molecule has 1 aliphatic heterocycles. The van der Waals surface area contributed by atoms with Gasteiger partial charge in [-0.25, -0.2) is 0 Å². The number of carbonyl (C=O) groups is 1. The van der Waals surface area contributed by atoms with Gasteiger partial charge in [0.2, 0.25) is 0 Å². The standard InChI is InChI=1S/C24H32N4O3/c1-18(2)26(19(3)4)17-16-25-14-7-15-27(23-9-6-5-8-22(23)25)24(29)20-10-12-21(13-11-20)28(30)31/h5-6,8-13,18-19H,7,14-17H2,1-4H3. The molecular formula is C24H32N4O3. The number of anilines is 2. The zero-order valence-electron chi connectivity index (χ0n) is 18.8. The van der Waals surface area contributed by atoms with Gasteiger partial charge in [-0.1, -0.05) is 12.1 Å². The third kappa shape index (κ3) is 5.22. The Labute approximate surface area is 184 Å². The van der Waals surface area contributed by atoms with Gasteiger partial charge in [0.05, 0.1) is 16.3 Å². The highest BCUT2D eigenvalue weighted by Crippen LogP contribution is 2.33. The third-order valence-corrected chi connectivity index (χ3v) is 5.85. The van der Waals surface area contributed by atoms with Crippen LogP contribution >= 0.6 is 0 Å². The van der Waals surface area contributed by atoms with Crippen molar-refractivity contribution in [2.75, 3.05) is 36.0 Å². The van der Waals surface area contributed by atoms with Gasteiger partial charge in [-0.2, -0.15) is 0 Å². The van der Waals surface area contributed by atoms with Crippen molar-refractivity contribution in [2.45, 2.75) is 46.2 Å². The first-order chi connectivity index (χ1) is 14.8. The Morgan fingerprint density at radius 2 is 1.61 bits per heavy atom. The molecule has 7 nitrogen and oxygen atoms in total. The highest BCUT2D eigenvalue weighted by molar-refractivity contribution is 6.08. The molecule has 0 bridgehead atoms. The predicted octanol–water partition coefficient (Wildman–Crippen LogP) is 4.57. The first kappa shape index (κ1) is 22.7. The van der Waals surface area contributed by atoms with Crippen LogP contribution in [0.25, 0.3) is 0 Å². The zero-order chi connectivity index (χ0) is 22.5. The van der Waals surface area contributed by atoms with Gasteiger partial charge >= 0.3 is 0 Å². The van der Waals surface area contributed by atoms with E-state index in [4.69, 9.17) is 0 Å². The molecule has 0 saturated heterocycles. The quantitative estimate of drug-likeness (QED) is 0.481. The molecule has 166 valence electrons. The number of rotatable bonds is 7. The molecule has 1 aliphatic rings. The number of fused-ring (bicyclic) bond motifs is 1. The number of benzene rings is 2. The van der Waals surface area contributed by atoms with Crippen LogP contribution in [0.15, 0.2) is 48.5 Å². The normalized spacial score (nSPS) is 14.2. The minimum absolute atomic E-state index is 0.0150. The minimum atomic E-state index is -0.453. The third-order valence-electron chi connectivity index (χ3n) is 5.85. The van der Waals surface area contributed by atoms with E-state index in [1.54, 1.807) is 4.90 Å². The van der Waals surface area contributed by atoms with Gasteiger partial charge in [0, 0.05) is 56.0 Å². The summed E-state index contributed by atoms with van der Waals surface area (Å²) in [4.78, 5) is 30.4. The number of nitro groups is 1. The van der Waals surface area contributed by atoms with E-state index >= 15 is 0 Å². The summed E-state index contributed by atoms with van der Waals surface area (Å²) in [6, 6.07) is 14.8. The summed E-state index contributed by atoms with van der Waals surface area (Å²) >= 11 is 0. The molecule has 0 fully saturated rings. The molecule has 2 aromatic rings. The van der Waals surface area contributed by atoms with Crippen molar-refractivity contribution in [1.82, 2.24) is 4.90 Å². The number of hydrogen-bond acceptors (Lipinski definition) is 5. The van der Waals surface area contributed by atoms with Crippen LogP contribution in [0.3, 0.4) is 0 Å². The van der Waals surface area contributed by atoms with E-state index in [2.05, 4.69) is 43.6 Å². The van der Waals surface area contributed by atoms with E-state index in [0.29, 0.717) is 24.2 Å². The number of nitrogens with zero attached hydrogens (tertiary/aromatic N) is 4. The van der Waals surface area contributed by atoms with Crippen molar-refractivity contribution in [3.05, 3.63) is 64.2 Å². The summed E-state index contributed by atoms with van der Waals surface area (Å²) in [6.45, 7) is 12.2. The van der Waals surface area contributed by atoms with E-state index in [0.717, 1.165) is 37.4 Å². The Morgan fingerprint density at radius 1 is 1.00 bits per heavy atom. The lowest BCUT2D eigenvalue weighted by Crippen LogP contribution is -2.42. The van der Waals surface area contributed by atoms with E-state index in [1.165, 1.54) is 24.3 Å². The molecule has 1 heterocycles. The maximum atomic E-state index is 13.3. The molecule has 0 radical (unpaired) electrons. The molecule has 7 heteroatoms. The van der Waals surface area contributed by atoms with Crippen LogP contribution in [-0.2, 0) is 0 Å². The maximum absolute atomic E-state index is 13.3. The molecular weight excluding hydrogens is 392 g/mol. The van der Waals surface area contributed by atoms with E-state index < -0.39 is 4.92 Å². The summed E-state index contributed by atoms with van der Waals surface area (Å²) in [7, 11) is 0. The van der Waals surface area contributed by atoms with Gasteiger partial charge in [0.1, 0.15) is 0 Å². The van der Waals surface area contributed by atoms with E-state index in [1.807, 2.05) is 18.2 Å². The molecule has 0 aliphatic carbocycles. The number of amides is 1. The lowest BCUT2D eigenvalue weighted by Gasteiger charge is -2.34. The monoisotopic (exact) mass is 424 g/mol. The van der Waals surface area contributed by atoms with Crippen molar-refractivity contribution in [3.63, 3.8) is 0 Å². The fourth-order valence-corrected chi connectivity index (χ4v) is 4.29. The molecule has 0 N–H and O–H groups in total. The Balaban J connectivity index is 1.84. The smallest absolute Gasteiger partial charge is 0.269 e. The summed E-state index contributed by atoms with van der Waals surface area (Å²) < 4.78 is 0. The molecule has 31 heavy (non-hydrogen) atoms. The second-order valence-corrected chi connectivity index (χ2v) is 8.52. The summed E-state index contributed by atoms with van der Waals surface area (Å²) in [5.41, 5.74) is 2.39. The molecule has 0 spiro atoms. The van der Waals surface area contributed by atoms with Crippen molar-refractivity contribution in [2.24, 2.45) is 0 Å². The highest BCUT2D eigenvalue weighted by atomic mass is 16.6. The summed E-state index contributed by atoms with van der Waals surface area (Å²) in [5, 5.41) is 10.9. The van der Waals surface area contributed by atoms with Gasteiger partial charge in [-0.05, 0) is 58.4 Å². The fourth-order valence-electron chi connectivity index (χ4n) is 4.29. The van der Waals surface area contributed by atoms with Gasteiger partial charge < -0.3 is 9.80 Å². The number of hydrogen-bond donors (Lipinski definition) is 0. The van der Waals surface area contributed by atoms with Crippen LogP contribution in [-0.4, -0.2) is 54.0 Å². The zero-order valence-corrected chi connectivity index (χ0v) is 18.8. The van der Waals surface area contributed by atoms with E-state index in [-0.39, 0.29) is 11.6 Å². The molecule has 1 amide bonds.